The van der Waals surface area contributed by atoms with Crippen molar-refractivity contribution in [3.8, 4) is 5.75 Å². The number of hydrogen-bond acceptors (Lipinski definition) is 3. The highest BCUT2D eigenvalue weighted by molar-refractivity contribution is 5.45. The summed E-state index contributed by atoms with van der Waals surface area (Å²) in [6.07, 6.45) is 0. The van der Waals surface area contributed by atoms with E-state index in [1.165, 1.54) is 0 Å². The molecule has 0 spiro atoms. The molecule has 0 atom stereocenters. The largest absolute Gasteiger partial charge is 0.492 e. The number of nitrogens with zero attached hydrogens (tertiary/aromatic N) is 1. The van der Waals surface area contributed by atoms with Crippen LogP contribution >= 0.6 is 0 Å². The van der Waals surface area contributed by atoms with Gasteiger partial charge in [-0.2, -0.15) is 0 Å². The van der Waals surface area contributed by atoms with Crippen LogP contribution in [0.15, 0.2) is 24.3 Å². The van der Waals surface area contributed by atoms with Gasteiger partial charge in [0.1, 0.15) is 12.4 Å². The lowest BCUT2D eigenvalue weighted by Gasteiger charge is -2.18. The predicted octanol–water partition coefficient (Wildman–Crippen LogP) is 3.48. The van der Waals surface area contributed by atoms with Gasteiger partial charge in [-0.05, 0) is 37.4 Å². The van der Waals surface area contributed by atoms with E-state index in [9.17, 15) is 0 Å². The van der Waals surface area contributed by atoms with Crippen molar-refractivity contribution < 1.29 is 4.74 Å². The smallest absolute Gasteiger partial charge is 0.119 e. The van der Waals surface area contributed by atoms with Gasteiger partial charge in [0.15, 0.2) is 0 Å². The normalized spacial score (nSPS) is 9.67. The average molecular weight is 252 g/mol. The van der Waals surface area contributed by atoms with Crippen molar-refractivity contribution in [3.05, 3.63) is 24.3 Å². The lowest BCUT2D eigenvalue weighted by molar-refractivity contribution is 0.223. The molecular weight excluding hydrogens is 224 g/mol. The molecule has 18 heavy (non-hydrogen) atoms. The molecule has 3 nitrogen and oxygen atoms in total. The number of hydrogen-bond donors (Lipinski definition) is 1. The summed E-state index contributed by atoms with van der Waals surface area (Å²) >= 11 is 0. The SMILES string of the molecule is CC.CCN(CC)CCOc1ccc(NC)cc1. The molecule has 0 aliphatic heterocycles. The molecule has 0 saturated carbocycles. The summed E-state index contributed by atoms with van der Waals surface area (Å²) in [5.74, 6) is 0.936. The highest BCUT2D eigenvalue weighted by atomic mass is 16.5. The van der Waals surface area contributed by atoms with E-state index in [0.29, 0.717) is 0 Å². The molecule has 1 N–H and O–H groups in total. The van der Waals surface area contributed by atoms with E-state index < -0.39 is 0 Å². The lowest BCUT2D eigenvalue weighted by Crippen LogP contribution is -2.27. The van der Waals surface area contributed by atoms with Crippen LogP contribution in [0, 0.1) is 0 Å². The highest BCUT2D eigenvalue weighted by Gasteiger charge is 1.99. The molecule has 0 heterocycles. The van der Waals surface area contributed by atoms with Gasteiger partial charge in [-0.15, -0.1) is 0 Å². The summed E-state index contributed by atoms with van der Waals surface area (Å²) in [5, 5.41) is 3.08. The highest BCUT2D eigenvalue weighted by Crippen LogP contribution is 2.14. The van der Waals surface area contributed by atoms with Gasteiger partial charge in [0.25, 0.3) is 0 Å². The molecule has 1 rings (SSSR count). The first-order valence-corrected chi connectivity index (χ1v) is 6.93. The van der Waals surface area contributed by atoms with Crippen LogP contribution in [-0.4, -0.2) is 38.2 Å². The molecule has 0 fully saturated rings. The Morgan fingerprint density at radius 1 is 1.06 bits per heavy atom. The minimum atomic E-state index is 0.751. The molecule has 0 amide bonds. The molecule has 3 heteroatoms. The van der Waals surface area contributed by atoms with Crippen molar-refractivity contribution in [1.82, 2.24) is 4.90 Å². The van der Waals surface area contributed by atoms with Crippen LogP contribution in [0.2, 0.25) is 0 Å². The Bertz CT molecular complexity index is 281. The molecule has 104 valence electrons. The minimum Gasteiger partial charge on any atom is -0.492 e. The van der Waals surface area contributed by atoms with Crippen molar-refractivity contribution >= 4 is 5.69 Å². The Kier molecular flexibility index (Phi) is 10.2. The van der Waals surface area contributed by atoms with Crippen LogP contribution in [0.3, 0.4) is 0 Å². The van der Waals surface area contributed by atoms with Crippen LogP contribution in [0.5, 0.6) is 5.75 Å². The molecule has 0 aliphatic carbocycles. The zero-order chi connectivity index (χ0) is 13.8. The molecule has 0 bridgehead atoms. The van der Waals surface area contributed by atoms with Gasteiger partial charge in [-0.1, -0.05) is 27.7 Å². The van der Waals surface area contributed by atoms with Crippen molar-refractivity contribution in [2.45, 2.75) is 27.7 Å². The van der Waals surface area contributed by atoms with Crippen LogP contribution in [0.1, 0.15) is 27.7 Å². The van der Waals surface area contributed by atoms with E-state index in [-0.39, 0.29) is 0 Å². The molecule has 0 unspecified atom stereocenters. The maximum Gasteiger partial charge on any atom is 0.119 e. The molecule has 0 saturated heterocycles. The third kappa shape index (κ3) is 6.50. The summed E-state index contributed by atoms with van der Waals surface area (Å²) in [5.41, 5.74) is 1.11. The Labute approximate surface area is 112 Å². The Balaban J connectivity index is 0.00000137. The molecule has 0 aliphatic rings. The van der Waals surface area contributed by atoms with Gasteiger partial charge < -0.3 is 15.0 Å². The Morgan fingerprint density at radius 2 is 1.61 bits per heavy atom. The first-order chi connectivity index (χ1) is 8.80. The standard InChI is InChI=1S/C13H22N2O.C2H6/c1-4-15(5-2)10-11-16-13-8-6-12(14-3)7-9-13;1-2/h6-9,14H,4-5,10-11H2,1-3H3;1-2H3. The van der Waals surface area contributed by atoms with Crippen molar-refractivity contribution in [1.29, 1.82) is 0 Å². The summed E-state index contributed by atoms with van der Waals surface area (Å²) < 4.78 is 5.67. The van der Waals surface area contributed by atoms with E-state index in [1.807, 2.05) is 45.2 Å². The maximum absolute atomic E-state index is 5.67. The first kappa shape index (κ1) is 16.8. The second kappa shape index (κ2) is 10.9. The van der Waals surface area contributed by atoms with E-state index in [1.54, 1.807) is 0 Å². The number of anilines is 1. The lowest BCUT2D eigenvalue weighted by atomic mass is 10.3. The summed E-state index contributed by atoms with van der Waals surface area (Å²) in [4.78, 5) is 2.35. The fourth-order valence-corrected chi connectivity index (χ4v) is 1.55. The van der Waals surface area contributed by atoms with Gasteiger partial charge in [-0.25, -0.2) is 0 Å². The zero-order valence-electron chi connectivity index (χ0n) is 12.5. The van der Waals surface area contributed by atoms with Crippen molar-refractivity contribution in [2.24, 2.45) is 0 Å². The average Bonchev–Trinajstić information content (AvgIpc) is 2.46. The zero-order valence-corrected chi connectivity index (χ0v) is 12.5. The molecule has 0 radical (unpaired) electrons. The summed E-state index contributed by atoms with van der Waals surface area (Å²) in [7, 11) is 1.91. The van der Waals surface area contributed by atoms with E-state index in [2.05, 4.69) is 24.1 Å². The fraction of sp³-hybridized carbons (Fsp3) is 0.600. The van der Waals surface area contributed by atoms with Crippen LogP contribution < -0.4 is 10.1 Å². The van der Waals surface area contributed by atoms with Crippen LogP contribution in [0.4, 0.5) is 5.69 Å². The maximum atomic E-state index is 5.67. The van der Waals surface area contributed by atoms with Crippen molar-refractivity contribution in [2.75, 3.05) is 38.6 Å². The van der Waals surface area contributed by atoms with Crippen LogP contribution in [0.25, 0.3) is 0 Å². The number of rotatable bonds is 7. The topological polar surface area (TPSA) is 24.5 Å². The molecule has 1 aromatic carbocycles. The number of ether oxygens (including phenoxy) is 1. The Morgan fingerprint density at radius 3 is 2.06 bits per heavy atom. The molecule has 0 aromatic heterocycles. The van der Waals surface area contributed by atoms with Gasteiger partial charge in [-0.3, -0.25) is 0 Å². The monoisotopic (exact) mass is 252 g/mol. The second-order valence-corrected chi connectivity index (χ2v) is 3.65. The van der Waals surface area contributed by atoms with Crippen LogP contribution in [-0.2, 0) is 0 Å². The minimum absolute atomic E-state index is 0.751. The number of benzene rings is 1. The summed E-state index contributed by atoms with van der Waals surface area (Å²) in [6, 6.07) is 8.03. The Hall–Kier alpha value is -1.22. The third-order valence-electron chi connectivity index (χ3n) is 2.71. The fourth-order valence-electron chi connectivity index (χ4n) is 1.55. The van der Waals surface area contributed by atoms with E-state index in [4.69, 9.17) is 4.74 Å². The quantitative estimate of drug-likeness (QED) is 0.804. The van der Waals surface area contributed by atoms with Gasteiger partial charge in [0.05, 0.1) is 0 Å². The van der Waals surface area contributed by atoms with E-state index in [0.717, 1.165) is 37.7 Å². The third-order valence-corrected chi connectivity index (χ3v) is 2.71. The molecular formula is C15H28N2O. The van der Waals surface area contributed by atoms with E-state index >= 15 is 0 Å². The molecule has 1 aromatic rings. The first-order valence-electron chi connectivity index (χ1n) is 6.93. The number of likely N-dealkylation sites (N-methyl/N-ethyl adjacent to an activating group) is 1. The second-order valence-electron chi connectivity index (χ2n) is 3.65. The van der Waals surface area contributed by atoms with Crippen molar-refractivity contribution in [3.63, 3.8) is 0 Å². The van der Waals surface area contributed by atoms with Gasteiger partial charge >= 0.3 is 0 Å². The summed E-state index contributed by atoms with van der Waals surface area (Å²) in [6.45, 7) is 12.2. The van der Waals surface area contributed by atoms with Gasteiger partial charge in [0, 0.05) is 19.3 Å². The predicted molar refractivity (Wildman–Crippen MR) is 80.6 cm³/mol. The number of nitrogens with one attached hydrogen (secondary N) is 1. The van der Waals surface area contributed by atoms with Gasteiger partial charge in [0.2, 0.25) is 0 Å².